The fraction of sp³-hybridized carbons (Fsp3) is 0.312. The molecule has 0 aliphatic heterocycles. The van der Waals surface area contributed by atoms with E-state index in [0.717, 1.165) is 5.56 Å². The first-order valence-corrected chi connectivity index (χ1v) is 7.03. The Hall–Kier alpha value is -2.63. The third kappa shape index (κ3) is 3.94. The van der Waals surface area contributed by atoms with Gasteiger partial charge in [0, 0.05) is 11.6 Å². The number of aromatic nitrogens is 1. The molecule has 2 rings (SSSR count). The fourth-order valence-corrected chi connectivity index (χ4v) is 2.05. The fourth-order valence-electron chi connectivity index (χ4n) is 2.05. The van der Waals surface area contributed by atoms with E-state index in [-0.39, 0.29) is 11.6 Å². The maximum absolute atomic E-state index is 12.1. The summed E-state index contributed by atoms with van der Waals surface area (Å²) >= 11 is 0. The summed E-state index contributed by atoms with van der Waals surface area (Å²) < 4.78 is 5.14. The van der Waals surface area contributed by atoms with Crippen molar-refractivity contribution < 1.29 is 19.2 Å². The molecule has 2 aromatic rings. The van der Waals surface area contributed by atoms with Crippen molar-refractivity contribution in [1.29, 1.82) is 0 Å². The zero-order chi connectivity index (χ0) is 16.1. The molecule has 0 saturated carbocycles. The number of carbonyl (C=O) groups is 2. The van der Waals surface area contributed by atoms with Crippen LogP contribution in [0.15, 0.2) is 40.9 Å². The van der Waals surface area contributed by atoms with Crippen molar-refractivity contribution in [2.45, 2.75) is 26.3 Å². The Morgan fingerprint density at radius 1 is 1.27 bits per heavy atom. The average molecular weight is 302 g/mol. The summed E-state index contributed by atoms with van der Waals surface area (Å²) in [5.74, 6) is -1.01. The SMILES string of the molecule is CC(C)C[C@H](NC(=O)c1cc(-c2ccccc2)on1)C(=O)O. The molecule has 116 valence electrons. The van der Waals surface area contributed by atoms with Gasteiger partial charge in [0.05, 0.1) is 0 Å². The van der Waals surface area contributed by atoms with E-state index >= 15 is 0 Å². The summed E-state index contributed by atoms with van der Waals surface area (Å²) in [5, 5.41) is 15.3. The highest BCUT2D eigenvalue weighted by Gasteiger charge is 2.23. The molecule has 6 nitrogen and oxygen atoms in total. The molecule has 0 aliphatic rings. The average Bonchev–Trinajstić information content (AvgIpc) is 2.96. The Balaban J connectivity index is 2.10. The molecule has 0 spiro atoms. The number of carboxylic acid groups (broad SMARTS) is 1. The Bertz CT molecular complexity index is 649. The summed E-state index contributed by atoms with van der Waals surface area (Å²) in [4.78, 5) is 23.3. The standard InChI is InChI=1S/C16H18N2O4/c1-10(2)8-13(16(20)21)17-15(19)12-9-14(22-18-12)11-6-4-3-5-7-11/h3-7,9-10,13H,8H2,1-2H3,(H,17,19)(H,20,21)/t13-/m0/s1. The lowest BCUT2D eigenvalue weighted by Gasteiger charge is -2.15. The molecule has 22 heavy (non-hydrogen) atoms. The molecule has 1 aromatic heterocycles. The molecule has 6 heteroatoms. The van der Waals surface area contributed by atoms with Gasteiger partial charge in [-0.25, -0.2) is 4.79 Å². The summed E-state index contributed by atoms with van der Waals surface area (Å²) in [7, 11) is 0. The third-order valence-corrected chi connectivity index (χ3v) is 3.11. The lowest BCUT2D eigenvalue weighted by Crippen LogP contribution is -2.41. The highest BCUT2D eigenvalue weighted by Crippen LogP contribution is 2.19. The normalized spacial score (nSPS) is 12.1. The van der Waals surface area contributed by atoms with Crippen molar-refractivity contribution >= 4 is 11.9 Å². The van der Waals surface area contributed by atoms with Crippen LogP contribution in [0.1, 0.15) is 30.8 Å². The predicted molar refractivity (Wildman–Crippen MR) is 80.3 cm³/mol. The number of rotatable bonds is 6. The number of benzene rings is 1. The smallest absolute Gasteiger partial charge is 0.326 e. The first kappa shape index (κ1) is 15.8. The number of hydrogen-bond donors (Lipinski definition) is 2. The second kappa shape index (κ2) is 6.89. The highest BCUT2D eigenvalue weighted by molar-refractivity contribution is 5.95. The van der Waals surface area contributed by atoms with Crippen LogP contribution in [-0.4, -0.2) is 28.2 Å². The van der Waals surface area contributed by atoms with Crippen LogP contribution in [0, 0.1) is 5.92 Å². The van der Waals surface area contributed by atoms with Gasteiger partial charge < -0.3 is 14.9 Å². The van der Waals surface area contributed by atoms with E-state index in [4.69, 9.17) is 9.63 Å². The molecule has 0 radical (unpaired) electrons. The second-order valence-corrected chi connectivity index (χ2v) is 5.44. The number of aliphatic carboxylic acids is 1. The van der Waals surface area contributed by atoms with Gasteiger partial charge in [-0.05, 0) is 12.3 Å². The van der Waals surface area contributed by atoms with Crippen LogP contribution < -0.4 is 5.32 Å². The van der Waals surface area contributed by atoms with Gasteiger partial charge in [0.1, 0.15) is 6.04 Å². The second-order valence-electron chi connectivity index (χ2n) is 5.44. The maximum Gasteiger partial charge on any atom is 0.326 e. The lowest BCUT2D eigenvalue weighted by atomic mass is 10.0. The molecule has 1 amide bonds. The van der Waals surface area contributed by atoms with Crippen molar-refractivity contribution in [2.75, 3.05) is 0 Å². The van der Waals surface area contributed by atoms with Crippen molar-refractivity contribution in [1.82, 2.24) is 10.5 Å². The first-order chi connectivity index (χ1) is 10.5. The largest absolute Gasteiger partial charge is 0.480 e. The molecule has 0 fully saturated rings. The molecule has 1 heterocycles. The van der Waals surface area contributed by atoms with Crippen molar-refractivity contribution in [3.8, 4) is 11.3 Å². The minimum Gasteiger partial charge on any atom is -0.480 e. The highest BCUT2D eigenvalue weighted by atomic mass is 16.5. The monoisotopic (exact) mass is 302 g/mol. The van der Waals surface area contributed by atoms with E-state index in [1.54, 1.807) is 0 Å². The Kier molecular flexibility index (Phi) is 4.93. The number of nitrogens with one attached hydrogen (secondary N) is 1. The first-order valence-electron chi connectivity index (χ1n) is 7.03. The van der Waals surface area contributed by atoms with Gasteiger partial charge in [-0.2, -0.15) is 0 Å². The van der Waals surface area contributed by atoms with Crippen LogP contribution in [-0.2, 0) is 4.79 Å². The topological polar surface area (TPSA) is 92.4 Å². The molecular weight excluding hydrogens is 284 g/mol. The van der Waals surface area contributed by atoms with E-state index in [1.807, 2.05) is 44.2 Å². The van der Waals surface area contributed by atoms with Gasteiger partial charge in [-0.1, -0.05) is 49.3 Å². The van der Waals surface area contributed by atoms with Crippen molar-refractivity contribution in [3.63, 3.8) is 0 Å². The summed E-state index contributed by atoms with van der Waals surface area (Å²) in [6.07, 6.45) is 0.352. The van der Waals surface area contributed by atoms with Gasteiger partial charge in [-0.3, -0.25) is 4.79 Å². The maximum atomic E-state index is 12.1. The van der Waals surface area contributed by atoms with Gasteiger partial charge >= 0.3 is 5.97 Å². The van der Waals surface area contributed by atoms with Crippen molar-refractivity contribution in [2.24, 2.45) is 5.92 Å². The number of hydrogen-bond acceptors (Lipinski definition) is 4. The summed E-state index contributed by atoms with van der Waals surface area (Å²) in [5.41, 5.74) is 0.861. The molecule has 0 bridgehead atoms. The number of carboxylic acids is 1. The van der Waals surface area contributed by atoms with E-state index in [9.17, 15) is 9.59 Å². The molecule has 0 saturated heterocycles. The van der Waals surface area contributed by atoms with Crippen molar-refractivity contribution in [3.05, 3.63) is 42.1 Å². The zero-order valence-electron chi connectivity index (χ0n) is 12.4. The number of nitrogens with zero attached hydrogens (tertiary/aromatic N) is 1. The van der Waals surface area contributed by atoms with Crippen LogP contribution in [0.4, 0.5) is 0 Å². The molecular formula is C16H18N2O4. The van der Waals surface area contributed by atoms with Gasteiger partial charge in [0.15, 0.2) is 11.5 Å². The van der Waals surface area contributed by atoms with E-state index in [1.165, 1.54) is 6.07 Å². The van der Waals surface area contributed by atoms with Crippen LogP contribution in [0.5, 0.6) is 0 Å². The zero-order valence-corrected chi connectivity index (χ0v) is 12.4. The van der Waals surface area contributed by atoms with Crippen LogP contribution in [0.25, 0.3) is 11.3 Å². The lowest BCUT2D eigenvalue weighted by molar-refractivity contribution is -0.139. The molecule has 2 N–H and O–H groups in total. The Morgan fingerprint density at radius 3 is 2.55 bits per heavy atom. The summed E-state index contributed by atoms with van der Waals surface area (Å²) in [6, 6.07) is 9.79. The molecule has 1 atom stereocenters. The van der Waals surface area contributed by atoms with Gasteiger partial charge in [-0.15, -0.1) is 0 Å². The number of carbonyl (C=O) groups excluding carboxylic acids is 1. The minimum absolute atomic E-state index is 0.0638. The summed E-state index contributed by atoms with van der Waals surface area (Å²) in [6.45, 7) is 3.79. The quantitative estimate of drug-likeness (QED) is 0.855. The molecule has 1 aromatic carbocycles. The van der Waals surface area contributed by atoms with Crippen LogP contribution in [0.2, 0.25) is 0 Å². The van der Waals surface area contributed by atoms with E-state index < -0.39 is 17.9 Å². The Morgan fingerprint density at radius 2 is 1.95 bits per heavy atom. The molecule has 0 unspecified atom stereocenters. The van der Waals surface area contributed by atoms with E-state index in [2.05, 4.69) is 10.5 Å². The predicted octanol–water partition coefficient (Wildman–Crippen LogP) is 2.57. The van der Waals surface area contributed by atoms with Crippen LogP contribution >= 0.6 is 0 Å². The third-order valence-electron chi connectivity index (χ3n) is 3.11. The van der Waals surface area contributed by atoms with Crippen LogP contribution in [0.3, 0.4) is 0 Å². The van der Waals surface area contributed by atoms with Gasteiger partial charge in [0.2, 0.25) is 0 Å². The Labute approximate surface area is 128 Å². The minimum atomic E-state index is -1.06. The number of amides is 1. The van der Waals surface area contributed by atoms with Gasteiger partial charge in [0.25, 0.3) is 5.91 Å². The van der Waals surface area contributed by atoms with E-state index in [0.29, 0.717) is 12.2 Å². The molecule has 0 aliphatic carbocycles.